The molecule has 6 heteroatoms. The lowest BCUT2D eigenvalue weighted by molar-refractivity contribution is -0.139. The first-order valence-corrected chi connectivity index (χ1v) is 7.47. The van der Waals surface area contributed by atoms with Crippen molar-refractivity contribution < 1.29 is 24.5 Å². The normalized spacial score (nSPS) is 21.1. The fourth-order valence-corrected chi connectivity index (χ4v) is 2.62. The van der Waals surface area contributed by atoms with Crippen LogP contribution in [-0.2, 0) is 4.79 Å². The molecule has 0 spiro atoms. The molecule has 1 aliphatic carbocycles. The summed E-state index contributed by atoms with van der Waals surface area (Å²) in [6.07, 6.45) is 3.48. The van der Waals surface area contributed by atoms with Crippen molar-refractivity contribution in [3.63, 3.8) is 0 Å². The summed E-state index contributed by atoms with van der Waals surface area (Å²) in [5, 5.41) is 21.3. The third kappa shape index (κ3) is 4.73. The lowest BCUT2D eigenvalue weighted by Crippen LogP contribution is -2.36. The minimum atomic E-state index is -1.07. The summed E-state index contributed by atoms with van der Waals surface area (Å²) < 4.78 is 5.05. The van der Waals surface area contributed by atoms with Crippen molar-refractivity contribution in [2.45, 2.75) is 31.8 Å². The zero-order valence-corrected chi connectivity index (χ0v) is 12.3. The number of aliphatic hydroxyl groups is 1. The van der Waals surface area contributed by atoms with Gasteiger partial charge in [0, 0.05) is 18.0 Å². The van der Waals surface area contributed by atoms with Crippen LogP contribution in [0.2, 0.25) is 0 Å². The number of nitrogens with one attached hydrogen (secondary N) is 1. The lowest BCUT2D eigenvalue weighted by Gasteiger charge is -2.27. The Labute approximate surface area is 129 Å². The standard InChI is InChI=1S/C16H21NO5/c18-14-7-2-1-4-12(14)9-17-16(21)11-5-3-6-13(8-11)22-10-15(19)20/h3,5-6,8,12,14,18H,1-2,4,7,9-10H2,(H,17,21)(H,19,20). The molecule has 1 fully saturated rings. The molecule has 0 radical (unpaired) electrons. The first-order valence-electron chi connectivity index (χ1n) is 7.47. The van der Waals surface area contributed by atoms with Gasteiger partial charge in [0.15, 0.2) is 6.61 Å². The van der Waals surface area contributed by atoms with Gasteiger partial charge >= 0.3 is 5.97 Å². The number of carbonyl (C=O) groups is 2. The maximum absolute atomic E-state index is 12.1. The van der Waals surface area contributed by atoms with E-state index in [9.17, 15) is 14.7 Å². The third-order valence-corrected chi connectivity index (χ3v) is 3.85. The maximum atomic E-state index is 12.1. The molecule has 0 saturated heterocycles. The highest BCUT2D eigenvalue weighted by atomic mass is 16.5. The molecule has 6 nitrogen and oxygen atoms in total. The summed E-state index contributed by atoms with van der Waals surface area (Å²) in [5.74, 6) is -0.878. The first kappa shape index (κ1) is 16.3. The highest BCUT2D eigenvalue weighted by Crippen LogP contribution is 2.23. The number of hydrogen-bond donors (Lipinski definition) is 3. The Morgan fingerprint density at radius 1 is 1.27 bits per heavy atom. The van der Waals surface area contributed by atoms with Crippen LogP contribution in [0.15, 0.2) is 24.3 Å². The first-order chi connectivity index (χ1) is 10.6. The van der Waals surface area contributed by atoms with Crippen molar-refractivity contribution in [3.05, 3.63) is 29.8 Å². The number of aliphatic hydroxyl groups excluding tert-OH is 1. The molecular formula is C16H21NO5. The summed E-state index contributed by atoms with van der Waals surface area (Å²) >= 11 is 0. The van der Waals surface area contributed by atoms with Gasteiger partial charge in [-0.05, 0) is 31.0 Å². The summed E-state index contributed by atoms with van der Waals surface area (Å²) in [6.45, 7) is -0.000447. The molecule has 0 heterocycles. The van der Waals surface area contributed by atoms with Crippen LogP contribution >= 0.6 is 0 Å². The molecule has 1 aromatic rings. The summed E-state index contributed by atoms with van der Waals surface area (Å²) in [4.78, 5) is 22.6. The molecule has 2 atom stereocenters. The van der Waals surface area contributed by atoms with Gasteiger partial charge in [-0.3, -0.25) is 4.79 Å². The van der Waals surface area contributed by atoms with E-state index in [0.29, 0.717) is 17.9 Å². The second-order valence-electron chi connectivity index (χ2n) is 5.53. The molecule has 22 heavy (non-hydrogen) atoms. The molecule has 1 amide bonds. The number of amides is 1. The van der Waals surface area contributed by atoms with Crippen LogP contribution in [0.3, 0.4) is 0 Å². The molecule has 120 valence electrons. The molecule has 1 saturated carbocycles. The van der Waals surface area contributed by atoms with Crippen LogP contribution < -0.4 is 10.1 Å². The van der Waals surface area contributed by atoms with E-state index in [4.69, 9.17) is 9.84 Å². The lowest BCUT2D eigenvalue weighted by atomic mass is 9.86. The number of hydrogen-bond acceptors (Lipinski definition) is 4. The van der Waals surface area contributed by atoms with Gasteiger partial charge in [0.1, 0.15) is 5.75 Å². The fourth-order valence-electron chi connectivity index (χ4n) is 2.62. The van der Waals surface area contributed by atoms with E-state index in [0.717, 1.165) is 25.7 Å². The highest BCUT2D eigenvalue weighted by molar-refractivity contribution is 5.94. The molecule has 1 aromatic carbocycles. The zero-order chi connectivity index (χ0) is 15.9. The van der Waals surface area contributed by atoms with E-state index in [-0.39, 0.29) is 17.9 Å². The number of ether oxygens (including phenoxy) is 1. The van der Waals surface area contributed by atoms with Crippen molar-refractivity contribution in [3.8, 4) is 5.75 Å². The Hall–Kier alpha value is -2.08. The SMILES string of the molecule is O=C(O)COc1cccc(C(=O)NCC2CCCCC2O)c1. The van der Waals surface area contributed by atoms with Crippen LogP contribution in [0.25, 0.3) is 0 Å². The Morgan fingerprint density at radius 3 is 2.77 bits per heavy atom. The molecular weight excluding hydrogens is 286 g/mol. The van der Waals surface area contributed by atoms with Crippen molar-refractivity contribution >= 4 is 11.9 Å². The monoisotopic (exact) mass is 307 g/mol. The molecule has 0 aliphatic heterocycles. The number of carboxylic acid groups (broad SMARTS) is 1. The molecule has 1 aliphatic rings. The highest BCUT2D eigenvalue weighted by Gasteiger charge is 2.23. The van der Waals surface area contributed by atoms with Gasteiger partial charge < -0.3 is 20.3 Å². The predicted molar refractivity (Wildman–Crippen MR) is 79.9 cm³/mol. The second-order valence-corrected chi connectivity index (χ2v) is 5.53. The summed E-state index contributed by atoms with van der Waals surface area (Å²) in [5.41, 5.74) is 0.410. The van der Waals surface area contributed by atoms with Gasteiger partial charge in [-0.25, -0.2) is 4.79 Å². The molecule has 0 aromatic heterocycles. The molecule has 3 N–H and O–H groups in total. The second kappa shape index (κ2) is 7.79. The third-order valence-electron chi connectivity index (χ3n) is 3.85. The van der Waals surface area contributed by atoms with Gasteiger partial charge in [-0.15, -0.1) is 0 Å². The van der Waals surface area contributed by atoms with E-state index in [1.54, 1.807) is 18.2 Å². The number of aliphatic carboxylic acids is 1. The Morgan fingerprint density at radius 2 is 2.05 bits per heavy atom. The van der Waals surface area contributed by atoms with Gasteiger partial charge in [-0.2, -0.15) is 0 Å². The fraction of sp³-hybridized carbons (Fsp3) is 0.500. The average molecular weight is 307 g/mol. The molecule has 2 rings (SSSR count). The number of carboxylic acids is 1. The van der Waals surface area contributed by atoms with Crippen LogP contribution in [0.4, 0.5) is 0 Å². The minimum Gasteiger partial charge on any atom is -0.482 e. The molecule has 0 bridgehead atoms. The van der Waals surface area contributed by atoms with E-state index >= 15 is 0 Å². The van der Waals surface area contributed by atoms with E-state index in [1.165, 1.54) is 6.07 Å². The van der Waals surface area contributed by atoms with Crippen LogP contribution in [0, 0.1) is 5.92 Å². The van der Waals surface area contributed by atoms with Crippen molar-refractivity contribution in [2.24, 2.45) is 5.92 Å². The Bertz CT molecular complexity index is 531. The average Bonchev–Trinajstić information content (AvgIpc) is 2.52. The van der Waals surface area contributed by atoms with Gasteiger partial charge in [0.25, 0.3) is 5.91 Å². The zero-order valence-electron chi connectivity index (χ0n) is 12.3. The van der Waals surface area contributed by atoms with E-state index in [2.05, 4.69) is 5.32 Å². The molecule has 2 unspecified atom stereocenters. The summed E-state index contributed by atoms with van der Waals surface area (Å²) in [6, 6.07) is 6.39. The van der Waals surface area contributed by atoms with E-state index < -0.39 is 12.6 Å². The van der Waals surface area contributed by atoms with Gasteiger partial charge in [-0.1, -0.05) is 18.9 Å². The Kier molecular flexibility index (Phi) is 5.77. The predicted octanol–water partition coefficient (Wildman–Crippen LogP) is 1.43. The number of benzene rings is 1. The van der Waals surface area contributed by atoms with E-state index in [1.807, 2.05) is 0 Å². The van der Waals surface area contributed by atoms with Crippen molar-refractivity contribution in [2.75, 3.05) is 13.2 Å². The van der Waals surface area contributed by atoms with Crippen LogP contribution in [0.5, 0.6) is 5.75 Å². The van der Waals surface area contributed by atoms with Crippen molar-refractivity contribution in [1.29, 1.82) is 0 Å². The van der Waals surface area contributed by atoms with Gasteiger partial charge in [0.2, 0.25) is 0 Å². The Balaban J connectivity index is 1.88. The smallest absolute Gasteiger partial charge is 0.341 e. The van der Waals surface area contributed by atoms with Crippen molar-refractivity contribution in [1.82, 2.24) is 5.32 Å². The minimum absolute atomic E-state index is 0.101. The largest absolute Gasteiger partial charge is 0.482 e. The number of rotatable bonds is 6. The maximum Gasteiger partial charge on any atom is 0.341 e. The van der Waals surface area contributed by atoms with Crippen LogP contribution in [-0.4, -0.2) is 41.3 Å². The van der Waals surface area contributed by atoms with Gasteiger partial charge in [0.05, 0.1) is 6.10 Å². The quantitative estimate of drug-likeness (QED) is 0.739. The number of carbonyl (C=O) groups excluding carboxylic acids is 1. The van der Waals surface area contributed by atoms with Crippen LogP contribution in [0.1, 0.15) is 36.0 Å². The topological polar surface area (TPSA) is 95.9 Å². The summed E-state index contributed by atoms with van der Waals surface area (Å²) in [7, 11) is 0.